The van der Waals surface area contributed by atoms with Gasteiger partial charge in [-0.3, -0.25) is 10.1 Å². The van der Waals surface area contributed by atoms with E-state index in [9.17, 15) is 10.1 Å². The molecule has 1 spiro atoms. The predicted molar refractivity (Wildman–Crippen MR) is 99.9 cm³/mol. The highest BCUT2D eigenvalue weighted by atomic mass is 16.6. The maximum absolute atomic E-state index is 11.2. The standard InChI is InChI=1S/C20H20N2O4/c1-19(2)16-12-14(22(23)24)5-7-17(16)21(3)20(19)10-9-13-11-15(25-4)6-8-18(13)26-20/h5-12H,1-4H3. The topological polar surface area (TPSA) is 64.8 Å². The van der Waals surface area contributed by atoms with Crippen molar-refractivity contribution in [3.8, 4) is 11.5 Å². The summed E-state index contributed by atoms with van der Waals surface area (Å²) in [4.78, 5) is 12.9. The third-order valence-electron chi connectivity index (χ3n) is 5.59. The fourth-order valence-corrected chi connectivity index (χ4v) is 4.02. The number of nitrogens with zero attached hydrogens (tertiary/aromatic N) is 2. The van der Waals surface area contributed by atoms with E-state index in [1.807, 2.05) is 37.4 Å². The van der Waals surface area contributed by atoms with Gasteiger partial charge in [0.2, 0.25) is 5.72 Å². The van der Waals surface area contributed by atoms with Crippen molar-refractivity contribution in [3.63, 3.8) is 0 Å². The number of hydrogen-bond donors (Lipinski definition) is 0. The fourth-order valence-electron chi connectivity index (χ4n) is 4.02. The van der Waals surface area contributed by atoms with Crippen LogP contribution in [0.2, 0.25) is 0 Å². The van der Waals surface area contributed by atoms with E-state index in [-0.39, 0.29) is 10.6 Å². The normalized spacial score (nSPS) is 21.9. The van der Waals surface area contributed by atoms with E-state index in [0.29, 0.717) is 0 Å². The molecule has 2 aliphatic heterocycles. The number of nitro benzene ring substituents is 1. The average Bonchev–Trinajstić information content (AvgIpc) is 2.79. The lowest BCUT2D eigenvalue weighted by Gasteiger charge is -2.45. The summed E-state index contributed by atoms with van der Waals surface area (Å²) in [6.07, 6.45) is 4.06. The largest absolute Gasteiger partial charge is 0.497 e. The van der Waals surface area contributed by atoms with Crippen molar-refractivity contribution in [2.24, 2.45) is 0 Å². The number of hydrogen-bond acceptors (Lipinski definition) is 5. The first kappa shape index (κ1) is 16.4. The molecule has 2 aliphatic rings. The zero-order valence-electron chi connectivity index (χ0n) is 15.1. The van der Waals surface area contributed by atoms with Gasteiger partial charge in [0.15, 0.2) is 0 Å². The Balaban J connectivity index is 1.84. The molecular weight excluding hydrogens is 332 g/mol. The van der Waals surface area contributed by atoms with Crippen molar-refractivity contribution in [2.45, 2.75) is 25.0 Å². The monoisotopic (exact) mass is 352 g/mol. The van der Waals surface area contributed by atoms with Gasteiger partial charge in [0.05, 0.1) is 17.4 Å². The maximum Gasteiger partial charge on any atom is 0.269 e. The third-order valence-corrected chi connectivity index (χ3v) is 5.59. The second-order valence-electron chi connectivity index (χ2n) is 7.18. The lowest BCUT2D eigenvalue weighted by molar-refractivity contribution is -0.384. The molecule has 2 aromatic carbocycles. The molecule has 0 N–H and O–H groups in total. The molecule has 4 rings (SSSR count). The van der Waals surface area contributed by atoms with Crippen LogP contribution in [-0.4, -0.2) is 24.8 Å². The van der Waals surface area contributed by atoms with Crippen molar-refractivity contribution < 1.29 is 14.4 Å². The van der Waals surface area contributed by atoms with Crippen LogP contribution in [0.25, 0.3) is 6.08 Å². The Kier molecular flexibility index (Phi) is 3.31. The molecule has 6 nitrogen and oxygen atoms in total. The Hall–Kier alpha value is -3.02. The van der Waals surface area contributed by atoms with Crippen molar-refractivity contribution >= 4 is 17.5 Å². The molecule has 0 saturated heterocycles. The molecule has 134 valence electrons. The Morgan fingerprint density at radius 3 is 2.65 bits per heavy atom. The molecule has 2 heterocycles. The number of fused-ring (bicyclic) bond motifs is 2. The number of nitro groups is 1. The lowest BCUT2D eigenvalue weighted by atomic mass is 9.76. The summed E-state index contributed by atoms with van der Waals surface area (Å²) >= 11 is 0. The highest BCUT2D eigenvalue weighted by Gasteiger charge is 2.58. The fraction of sp³-hybridized carbons (Fsp3) is 0.300. The Morgan fingerprint density at radius 1 is 1.19 bits per heavy atom. The van der Waals surface area contributed by atoms with E-state index in [1.54, 1.807) is 19.2 Å². The van der Waals surface area contributed by atoms with Gasteiger partial charge >= 0.3 is 0 Å². The minimum absolute atomic E-state index is 0.0900. The van der Waals surface area contributed by atoms with Crippen LogP contribution in [0.15, 0.2) is 42.5 Å². The highest BCUT2D eigenvalue weighted by Crippen LogP contribution is 2.55. The van der Waals surface area contributed by atoms with Crippen molar-refractivity contribution in [1.29, 1.82) is 0 Å². The number of methoxy groups -OCH3 is 1. The predicted octanol–water partition coefficient (Wildman–Crippen LogP) is 4.13. The first-order chi connectivity index (χ1) is 12.3. The number of benzene rings is 2. The molecule has 0 bridgehead atoms. The summed E-state index contributed by atoms with van der Waals surface area (Å²) in [5.41, 5.74) is 1.62. The van der Waals surface area contributed by atoms with E-state index in [1.165, 1.54) is 6.07 Å². The van der Waals surface area contributed by atoms with Gasteiger partial charge in [0.25, 0.3) is 5.69 Å². The van der Waals surface area contributed by atoms with Crippen LogP contribution in [0, 0.1) is 10.1 Å². The van der Waals surface area contributed by atoms with Crippen molar-refractivity contribution in [3.05, 3.63) is 63.7 Å². The third kappa shape index (κ3) is 1.98. The molecule has 1 unspecified atom stereocenters. The molecule has 2 aromatic rings. The van der Waals surface area contributed by atoms with Gasteiger partial charge < -0.3 is 14.4 Å². The van der Waals surface area contributed by atoms with Gasteiger partial charge in [-0.05, 0) is 55.8 Å². The Bertz CT molecular complexity index is 951. The van der Waals surface area contributed by atoms with E-state index in [4.69, 9.17) is 9.47 Å². The van der Waals surface area contributed by atoms with E-state index >= 15 is 0 Å². The highest BCUT2D eigenvalue weighted by molar-refractivity contribution is 5.73. The molecule has 0 amide bonds. The smallest absolute Gasteiger partial charge is 0.269 e. The quantitative estimate of drug-likeness (QED) is 0.600. The molecule has 0 aromatic heterocycles. The molecule has 6 heteroatoms. The molecule has 1 atom stereocenters. The van der Waals surface area contributed by atoms with Gasteiger partial charge in [0.1, 0.15) is 11.5 Å². The number of likely N-dealkylation sites (N-methyl/N-ethyl adjacent to an activating group) is 1. The van der Waals surface area contributed by atoms with Crippen LogP contribution in [0.4, 0.5) is 11.4 Å². The van der Waals surface area contributed by atoms with Crippen LogP contribution in [0.1, 0.15) is 25.0 Å². The zero-order valence-corrected chi connectivity index (χ0v) is 15.1. The number of non-ortho nitro benzene ring substituents is 1. The summed E-state index contributed by atoms with van der Waals surface area (Å²) in [5.74, 6) is 1.53. The van der Waals surface area contributed by atoms with Crippen LogP contribution < -0.4 is 14.4 Å². The molecule has 0 saturated carbocycles. The molecule has 0 aliphatic carbocycles. The summed E-state index contributed by atoms with van der Waals surface area (Å²) in [6, 6.07) is 10.7. The van der Waals surface area contributed by atoms with E-state index in [2.05, 4.69) is 18.7 Å². The van der Waals surface area contributed by atoms with Crippen LogP contribution in [0.3, 0.4) is 0 Å². The molecule has 0 fully saturated rings. The lowest BCUT2D eigenvalue weighted by Crippen LogP contribution is -2.58. The molecule has 0 radical (unpaired) electrons. The van der Waals surface area contributed by atoms with Gasteiger partial charge in [-0.25, -0.2) is 0 Å². The van der Waals surface area contributed by atoms with Gasteiger partial charge in [0, 0.05) is 30.4 Å². The van der Waals surface area contributed by atoms with Gasteiger partial charge in [-0.1, -0.05) is 0 Å². The Morgan fingerprint density at radius 2 is 1.96 bits per heavy atom. The van der Waals surface area contributed by atoms with Crippen molar-refractivity contribution in [1.82, 2.24) is 0 Å². The van der Waals surface area contributed by atoms with Crippen LogP contribution in [-0.2, 0) is 5.41 Å². The second-order valence-corrected chi connectivity index (χ2v) is 7.18. The Labute approximate surface area is 151 Å². The molecular formula is C20H20N2O4. The first-order valence-corrected chi connectivity index (χ1v) is 8.39. The zero-order chi connectivity index (χ0) is 18.7. The van der Waals surface area contributed by atoms with E-state index < -0.39 is 11.1 Å². The van der Waals surface area contributed by atoms with Crippen LogP contribution >= 0.6 is 0 Å². The summed E-state index contributed by atoms with van der Waals surface area (Å²) in [5, 5.41) is 11.2. The van der Waals surface area contributed by atoms with Crippen molar-refractivity contribution in [2.75, 3.05) is 19.1 Å². The van der Waals surface area contributed by atoms with Crippen LogP contribution in [0.5, 0.6) is 11.5 Å². The number of ether oxygens (including phenoxy) is 2. The first-order valence-electron chi connectivity index (χ1n) is 8.39. The second kappa shape index (κ2) is 5.24. The average molecular weight is 352 g/mol. The van der Waals surface area contributed by atoms with Gasteiger partial charge in [-0.2, -0.15) is 0 Å². The summed E-state index contributed by atoms with van der Waals surface area (Å²) in [6.45, 7) is 4.11. The summed E-state index contributed by atoms with van der Waals surface area (Å²) < 4.78 is 11.8. The SMILES string of the molecule is COc1ccc2c(c1)C=CC1(O2)N(C)c2ccc([N+](=O)[O-])cc2C1(C)C. The maximum atomic E-state index is 11.2. The van der Waals surface area contributed by atoms with Gasteiger partial charge in [-0.15, -0.1) is 0 Å². The minimum atomic E-state index is -0.758. The molecule has 26 heavy (non-hydrogen) atoms. The number of anilines is 1. The number of rotatable bonds is 2. The summed E-state index contributed by atoms with van der Waals surface area (Å²) in [7, 11) is 3.59. The van der Waals surface area contributed by atoms with E-state index in [0.717, 1.165) is 28.3 Å². The minimum Gasteiger partial charge on any atom is -0.497 e.